The van der Waals surface area contributed by atoms with Crippen LogP contribution >= 0.6 is 0 Å². The summed E-state index contributed by atoms with van der Waals surface area (Å²) in [7, 11) is 0. The first kappa shape index (κ1) is 17.5. The van der Waals surface area contributed by atoms with Crippen molar-refractivity contribution in [2.75, 3.05) is 23.3 Å². The Bertz CT molecular complexity index is 673. The van der Waals surface area contributed by atoms with Gasteiger partial charge >= 0.3 is 0 Å². The molecule has 1 aromatic heterocycles. The van der Waals surface area contributed by atoms with Gasteiger partial charge in [-0.05, 0) is 61.6 Å². The molecule has 2 heterocycles. The Labute approximate surface area is 150 Å². The number of nitrogens with zero attached hydrogens (tertiary/aromatic N) is 2. The van der Waals surface area contributed by atoms with Crippen LogP contribution in [0, 0.1) is 0 Å². The van der Waals surface area contributed by atoms with Crippen molar-refractivity contribution in [1.29, 1.82) is 0 Å². The lowest BCUT2D eigenvalue weighted by Gasteiger charge is -2.27. The smallest absolute Gasteiger partial charge is 0.162 e. The van der Waals surface area contributed by atoms with Crippen LogP contribution in [0.3, 0.4) is 0 Å². The van der Waals surface area contributed by atoms with Gasteiger partial charge in [0.05, 0.1) is 0 Å². The molecule has 3 rings (SSSR count). The predicted molar refractivity (Wildman–Crippen MR) is 103 cm³/mol. The van der Waals surface area contributed by atoms with Crippen LogP contribution in [0.15, 0.2) is 42.6 Å². The van der Waals surface area contributed by atoms with E-state index >= 15 is 0 Å². The zero-order chi connectivity index (χ0) is 17.5. The third kappa shape index (κ3) is 4.81. The number of carbonyl (C=O) groups is 1. The molecule has 0 amide bonds. The van der Waals surface area contributed by atoms with Crippen LogP contribution < -0.4 is 10.2 Å². The maximum Gasteiger partial charge on any atom is 0.162 e. The van der Waals surface area contributed by atoms with Gasteiger partial charge in [0.2, 0.25) is 0 Å². The minimum absolute atomic E-state index is 0.214. The number of carbonyl (C=O) groups excluding carboxylic acids is 1. The number of nitrogens with one attached hydrogen (secondary N) is 1. The number of rotatable bonds is 7. The highest BCUT2D eigenvalue weighted by atomic mass is 16.1. The van der Waals surface area contributed by atoms with E-state index in [4.69, 9.17) is 0 Å². The van der Waals surface area contributed by atoms with Gasteiger partial charge in [0.15, 0.2) is 5.78 Å². The largest absolute Gasteiger partial charge is 0.381 e. The Morgan fingerprint density at radius 2 is 1.84 bits per heavy atom. The molecule has 4 nitrogen and oxygen atoms in total. The Kier molecular flexibility index (Phi) is 6.04. The molecule has 132 valence electrons. The molecule has 4 heteroatoms. The summed E-state index contributed by atoms with van der Waals surface area (Å²) in [6.45, 7) is 5.00. The van der Waals surface area contributed by atoms with Gasteiger partial charge in [0.1, 0.15) is 5.82 Å². The lowest BCUT2D eigenvalue weighted by atomic mass is 10.1. The number of aromatic nitrogens is 1. The molecule has 1 aromatic carbocycles. The number of Topliss-reactive ketones (excluding diaryl/α,β-unsaturated/α-hetero) is 1. The van der Waals surface area contributed by atoms with E-state index in [0.717, 1.165) is 48.7 Å². The molecule has 0 saturated carbocycles. The van der Waals surface area contributed by atoms with E-state index in [9.17, 15) is 4.79 Å². The quantitative estimate of drug-likeness (QED) is 0.746. The van der Waals surface area contributed by atoms with Gasteiger partial charge in [-0.15, -0.1) is 0 Å². The lowest BCUT2D eigenvalue weighted by Crippen LogP contribution is -2.30. The highest BCUT2D eigenvalue weighted by Crippen LogP contribution is 2.18. The van der Waals surface area contributed by atoms with Gasteiger partial charge in [-0.2, -0.15) is 0 Å². The standard InChI is InChI=1S/C21H27N3O/c1-2-6-20(25)18-8-10-19(11-9-18)22-15-17-7-12-21(23-16-17)24-13-4-3-5-14-24/h7-12,16,22H,2-6,13-15H2,1H3. The van der Waals surface area contributed by atoms with Crippen molar-refractivity contribution in [3.63, 3.8) is 0 Å². The van der Waals surface area contributed by atoms with Crippen molar-refractivity contribution in [3.8, 4) is 0 Å². The molecule has 1 fully saturated rings. The fourth-order valence-electron chi connectivity index (χ4n) is 3.18. The second kappa shape index (κ2) is 8.65. The third-order valence-corrected chi connectivity index (χ3v) is 4.67. The SMILES string of the molecule is CCCC(=O)c1ccc(NCc2ccc(N3CCCCC3)nc2)cc1. The van der Waals surface area contributed by atoms with E-state index in [2.05, 4.69) is 27.3 Å². The normalized spacial score (nSPS) is 14.4. The van der Waals surface area contributed by atoms with Crippen LogP contribution in [0.5, 0.6) is 0 Å². The Morgan fingerprint density at radius 3 is 2.48 bits per heavy atom. The first-order valence-electron chi connectivity index (χ1n) is 9.33. The van der Waals surface area contributed by atoms with Crippen molar-refractivity contribution in [2.45, 2.75) is 45.6 Å². The second-order valence-corrected chi connectivity index (χ2v) is 6.68. The molecule has 0 radical (unpaired) electrons. The molecule has 0 atom stereocenters. The van der Waals surface area contributed by atoms with E-state index in [1.54, 1.807) is 0 Å². The summed E-state index contributed by atoms with van der Waals surface area (Å²) >= 11 is 0. The minimum Gasteiger partial charge on any atom is -0.381 e. The van der Waals surface area contributed by atoms with Crippen molar-refractivity contribution < 1.29 is 4.79 Å². The van der Waals surface area contributed by atoms with E-state index in [1.165, 1.54) is 19.3 Å². The van der Waals surface area contributed by atoms with Crippen LogP contribution in [0.25, 0.3) is 0 Å². The fourth-order valence-corrected chi connectivity index (χ4v) is 3.18. The van der Waals surface area contributed by atoms with Crippen LogP contribution in [0.4, 0.5) is 11.5 Å². The molecule has 1 N–H and O–H groups in total. The number of ketones is 1. The van der Waals surface area contributed by atoms with Crippen molar-refractivity contribution in [3.05, 3.63) is 53.7 Å². The lowest BCUT2D eigenvalue weighted by molar-refractivity contribution is 0.0982. The van der Waals surface area contributed by atoms with Crippen LogP contribution in [-0.2, 0) is 6.54 Å². The zero-order valence-electron chi connectivity index (χ0n) is 15.0. The molecule has 1 aliphatic heterocycles. The molecule has 0 aliphatic carbocycles. The first-order valence-corrected chi connectivity index (χ1v) is 9.33. The van der Waals surface area contributed by atoms with E-state index in [-0.39, 0.29) is 5.78 Å². The molecule has 0 unspecified atom stereocenters. The van der Waals surface area contributed by atoms with Gasteiger partial charge < -0.3 is 10.2 Å². The topological polar surface area (TPSA) is 45.2 Å². The van der Waals surface area contributed by atoms with Crippen LogP contribution in [-0.4, -0.2) is 23.9 Å². The highest BCUT2D eigenvalue weighted by molar-refractivity contribution is 5.96. The summed E-state index contributed by atoms with van der Waals surface area (Å²) in [6, 6.07) is 12.0. The monoisotopic (exact) mass is 337 g/mol. The van der Waals surface area contributed by atoms with E-state index in [1.807, 2.05) is 37.4 Å². The summed E-state index contributed by atoms with van der Waals surface area (Å²) in [5.74, 6) is 1.30. The third-order valence-electron chi connectivity index (χ3n) is 4.67. The highest BCUT2D eigenvalue weighted by Gasteiger charge is 2.11. The number of hydrogen-bond donors (Lipinski definition) is 1. The van der Waals surface area contributed by atoms with Crippen molar-refractivity contribution in [2.24, 2.45) is 0 Å². The number of benzene rings is 1. The number of piperidine rings is 1. The molecule has 0 spiro atoms. The van der Waals surface area contributed by atoms with Gasteiger partial charge in [0, 0.05) is 43.5 Å². The molecule has 2 aromatic rings. The van der Waals surface area contributed by atoms with Crippen molar-refractivity contribution >= 4 is 17.3 Å². The zero-order valence-corrected chi connectivity index (χ0v) is 15.0. The van der Waals surface area contributed by atoms with Gasteiger partial charge in [-0.3, -0.25) is 4.79 Å². The number of hydrogen-bond acceptors (Lipinski definition) is 4. The predicted octanol–water partition coefficient (Wildman–Crippen LogP) is 4.67. The summed E-state index contributed by atoms with van der Waals surface area (Å²) in [5, 5.41) is 3.39. The summed E-state index contributed by atoms with van der Waals surface area (Å²) < 4.78 is 0. The Hall–Kier alpha value is -2.36. The molecular formula is C21H27N3O. The average molecular weight is 337 g/mol. The van der Waals surface area contributed by atoms with Gasteiger partial charge in [-0.1, -0.05) is 13.0 Å². The number of pyridine rings is 1. The van der Waals surface area contributed by atoms with Crippen molar-refractivity contribution in [1.82, 2.24) is 4.98 Å². The van der Waals surface area contributed by atoms with Gasteiger partial charge in [0.25, 0.3) is 0 Å². The Morgan fingerprint density at radius 1 is 1.08 bits per heavy atom. The second-order valence-electron chi connectivity index (χ2n) is 6.68. The first-order chi connectivity index (χ1) is 12.3. The molecule has 1 saturated heterocycles. The Balaban J connectivity index is 1.53. The van der Waals surface area contributed by atoms with Gasteiger partial charge in [-0.25, -0.2) is 4.98 Å². The van der Waals surface area contributed by atoms with E-state index < -0.39 is 0 Å². The summed E-state index contributed by atoms with van der Waals surface area (Å²) in [5.41, 5.74) is 2.97. The van der Waals surface area contributed by atoms with Crippen LogP contribution in [0.1, 0.15) is 54.9 Å². The molecule has 1 aliphatic rings. The molecule has 25 heavy (non-hydrogen) atoms. The van der Waals surface area contributed by atoms with E-state index in [0.29, 0.717) is 6.42 Å². The molecular weight excluding hydrogens is 310 g/mol. The average Bonchev–Trinajstić information content (AvgIpc) is 2.68. The van der Waals surface area contributed by atoms with Crippen LogP contribution in [0.2, 0.25) is 0 Å². The minimum atomic E-state index is 0.214. The number of anilines is 2. The maximum atomic E-state index is 11.9. The summed E-state index contributed by atoms with van der Waals surface area (Å²) in [6.07, 6.45) is 7.32. The summed E-state index contributed by atoms with van der Waals surface area (Å²) in [4.78, 5) is 18.8. The fraction of sp³-hybridized carbons (Fsp3) is 0.429. The maximum absolute atomic E-state index is 11.9. The molecule has 0 bridgehead atoms.